The first-order valence-corrected chi connectivity index (χ1v) is 7.80. The van der Waals surface area contributed by atoms with E-state index >= 15 is 0 Å². The summed E-state index contributed by atoms with van der Waals surface area (Å²) < 4.78 is 5.61. The molecule has 3 rings (SSSR count). The predicted molar refractivity (Wildman–Crippen MR) is 94.5 cm³/mol. The summed E-state index contributed by atoms with van der Waals surface area (Å²) in [5.74, 6) is 0.538. The number of aromatic hydroxyl groups is 1. The summed E-state index contributed by atoms with van der Waals surface area (Å²) in [5, 5.41) is 12.0. The number of hydrogen-bond donors (Lipinski definition) is 1. The van der Waals surface area contributed by atoms with Gasteiger partial charge in [0, 0.05) is 7.05 Å². The zero-order valence-corrected chi connectivity index (χ0v) is 13.5. The van der Waals surface area contributed by atoms with Crippen molar-refractivity contribution in [1.29, 1.82) is 0 Å². The van der Waals surface area contributed by atoms with Crippen molar-refractivity contribution in [3.05, 3.63) is 72.3 Å². The summed E-state index contributed by atoms with van der Waals surface area (Å²) in [7, 11) is 1.70. The fraction of sp³-hybridized carbons (Fsp3) is 0.150. The van der Waals surface area contributed by atoms with E-state index < -0.39 is 0 Å². The second-order valence-corrected chi connectivity index (χ2v) is 5.60. The minimum atomic E-state index is -0.227. The summed E-state index contributed by atoms with van der Waals surface area (Å²) in [6, 6.07) is 20.4. The Kier molecular flexibility index (Phi) is 4.66. The van der Waals surface area contributed by atoms with Crippen LogP contribution in [0.3, 0.4) is 0 Å². The van der Waals surface area contributed by atoms with Crippen molar-refractivity contribution in [3.63, 3.8) is 0 Å². The number of benzene rings is 3. The lowest BCUT2D eigenvalue weighted by Crippen LogP contribution is -2.30. The van der Waals surface area contributed by atoms with Crippen LogP contribution in [0.4, 0.5) is 0 Å². The van der Waals surface area contributed by atoms with Gasteiger partial charge in [0.1, 0.15) is 18.1 Å². The first-order chi connectivity index (χ1) is 11.6. The number of carbonyl (C=O) groups excluding carboxylic acids is 1. The van der Waals surface area contributed by atoms with Crippen molar-refractivity contribution in [2.24, 2.45) is 0 Å². The minimum Gasteiger partial charge on any atom is -0.507 e. The molecule has 0 heterocycles. The highest BCUT2D eigenvalue weighted by Crippen LogP contribution is 2.25. The Bertz CT molecular complexity index is 846. The van der Waals surface area contributed by atoms with Crippen LogP contribution in [0.2, 0.25) is 0 Å². The van der Waals surface area contributed by atoms with Gasteiger partial charge in [-0.3, -0.25) is 4.79 Å². The summed E-state index contributed by atoms with van der Waals surface area (Å²) in [5.41, 5.74) is 0.302. The maximum Gasteiger partial charge on any atom is 0.257 e. The molecule has 3 aromatic carbocycles. The van der Waals surface area contributed by atoms with Gasteiger partial charge in [0.25, 0.3) is 5.91 Å². The number of para-hydroxylation sites is 1. The number of phenolic OH excluding ortho intramolecular Hbond substituents is 1. The smallest absolute Gasteiger partial charge is 0.257 e. The van der Waals surface area contributed by atoms with Gasteiger partial charge in [0.15, 0.2) is 0 Å². The minimum absolute atomic E-state index is 0.00507. The number of phenols is 1. The molecule has 0 aliphatic rings. The van der Waals surface area contributed by atoms with Gasteiger partial charge in [-0.2, -0.15) is 0 Å². The Labute approximate surface area is 140 Å². The quantitative estimate of drug-likeness (QED) is 0.779. The van der Waals surface area contributed by atoms with Gasteiger partial charge in [-0.15, -0.1) is 0 Å². The lowest BCUT2D eigenvalue weighted by Gasteiger charge is -2.18. The van der Waals surface area contributed by atoms with Crippen LogP contribution in [-0.2, 0) is 0 Å². The third-order valence-corrected chi connectivity index (χ3v) is 3.88. The van der Waals surface area contributed by atoms with Gasteiger partial charge in [0.2, 0.25) is 0 Å². The fourth-order valence-electron chi connectivity index (χ4n) is 2.52. The molecule has 0 unspecified atom stereocenters. The molecule has 0 aromatic heterocycles. The molecule has 0 aliphatic carbocycles. The Morgan fingerprint density at radius 2 is 1.62 bits per heavy atom. The molecule has 4 nitrogen and oxygen atoms in total. The van der Waals surface area contributed by atoms with E-state index in [1.165, 1.54) is 0 Å². The molecule has 0 saturated heterocycles. The highest BCUT2D eigenvalue weighted by molar-refractivity contribution is 6.01. The van der Waals surface area contributed by atoms with Crippen molar-refractivity contribution >= 4 is 16.7 Å². The molecule has 122 valence electrons. The van der Waals surface area contributed by atoms with Crippen molar-refractivity contribution < 1.29 is 14.6 Å². The molecule has 0 bridgehead atoms. The van der Waals surface area contributed by atoms with Crippen LogP contribution in [0.15, 0.2) is 66.7 Å². The van der Waals surface area contributed by atoms with Crippen molar-refractivity contribution in [1.82, 2.24) is 4.90 Å². The summed E-state index contributed by atoms with van der Waals surface area (Å²) in [4.78, 5) is 14.1. The molecular weight excluding hydrogens is 302 g/mol. The van der Waals surface area contributed by atoms with Crippen LogP contribution >= 0.6 is 0 Å². The molecule has 0 radical (unpaired) electrons. The molecule has 3 aromatic rings. The maximum absolute atomic E-state index is 12.6. The highest BCUT2D eigenvalue weighted by atomic mass is 16.5. The zero-order valence-electron chi connectivity index (χ0n) is 13.5. The molecular formula is C20H19NO3. The number of likely N-dealkylation sites (N-methyl/N-ethyl adjacent to an activating group) is 1. The van der Waals surface area contributed by atoms with E-state index in [0.29, 0.717) is 18.7 Å². The molecule has 0 aliphatic heterocycles. The van der Waals surface area contributed by atoms with E-state index in [4.69, 9.17) is 4.74 Å². The Morgan fingerprint density at radius 3 is 2.33 bits per heavy atom. The SMILES string of the molecule is CN(CCOc1ccccc1)C(=O)c1cc2ccccc2cc1O. The first-order valence-electron chi connectivity index (χ1n) is 7.80. The van der Waals surface area contributed by atoms with Crippen molar-refractivity contribution in [2.75, 3.05) is 20.2 Å². The van der Waals surface area contributed by atoms with Crippen LogP contribution in [0, 0.1) is 0 Å². The van der Waals surface area contributed by atoms with Gasteiger partial charge in [-0.05, 0) is 35.0 Å². The average molecular weight is 321 g/mol. The monoisotopic (exact) mass is 321 g/mol. The molecule has 0 fully saturated rings. The topological polar surface area (TPSA) is 49.8 Å². The Balaban J connectivity index is 1.68. The molecule has 0 atom stereocenters. The predicted octanol–water partition coefficient (Wildman–Crippen LogP) is 3.70. The van der Waals surface area contributed by atoms with Crippen LogP contribution in [0.5, 0.6) is 11.5 Å². The summed E-state index contributed by atoms with van der Waals surface area (Å²) in [6.07, 6.45) is 0. The molecule has 1 amide bonds. The van der Waals surface area contributed by atoms with E-state index in [9.17, 15) is 9.90 Å². The Hall–Kier alpha value is -3.01. The molecule has 0 spiro atoms. The van der Waals surface area contributed by atoms with Gasteiger partial charge < -0.3 is 14.7 Å². The molecule has 1 N–H and O–H groups in total. The van der Waals surface area contributed by atoms with E-state index in [1.807, 2.05) is 54.6 Å². The highest BCUT2D eigenvalue weighted by Gasteiger charge is 2.16. The number of fused-ring (bicyclic) bond motifs is 1. The molecule has 24 heavy (non-hydrogen) atoms. The van der Waals surface area contributed by atoms with Gasteiger partial charge in [-0.25, -0.2) is 0 Å². The largest absolute Gasteiger partial charge is 0.507 e. The second kappa shape index (κ2) is 7.04. The second-order valence-electron chi connectivity index (χ2n) is 5.60. The molecule has 0 saturated carbocycles. The number of hydrogen-bond acceptors (Lipinski definition) is 3. The van der Waals surface area contributed by atoms with Crippen LogP contribution in [-0.4, -0.2) is 36.1 Å². The lowest BCUT2D eigenvalue weighted by atomic mass is 10.1. The number of ether oxygens (including phenoxy) is 1. The number of nitrogens with zero attached hydrogens (tertiary/aromatic N) is 1. The number of carbonyl (C=O) groups is 1. The Morgan fingerprint density at radius 1 is 1.00 bits per heavy atom. The lowest BCUT2D eigenvalue weighted by molar-refractivity contribution is 0.0771. The zero-order chi connectivity index (χ0) is 16.9. The average Bonchev–Trinajstić information content (AvgIpc) is 2.61. The number of rotatable bonds is 5. The van der Waals surface area contributed by atoms with Crippen molar-refractivity contribution in [2.45, 2.75) is 0 Å². The first kappa shape index (κ1) is 15.9. The summed E-state index contributed by atoms with van der Waals surface area (Å²) >= 11 is 0. The van der Waals surface area contributed by atoms with E-state index in [2.05, 4.69) is 0 Å². The van der Waals surface area contributed by atoms with Crippen LogP contribution in [0.1, 0.15) is 10.4 Å². The third kappa shape index (κ3) is 3.49. The van der Waals surface area contributed by atoms with Gasteiger partial charge in [0.05, 0.1) is 12.1 Å². The van der Waals surface area contributed by atoms with E-state index in [-0.39, 0.29) is 11.7 Å². The molecule has 4 heteroatoms. The van der Waals surface area contributed by atoms with Gasteiger partial charge in [-0.1, -0.05) is 42.5 Å². The maximum atomic E-state index is 12.6. The van der Waals surface area contributed by atoms with Crippen molar-refractivity contribution in [3.8, 4) is 11.5 Å². The normalized spacial score (nSPS) is 10.5. The van der Waals surface area contributed by atoms with E-state index in [0.717, 1.165) is 16.5 Å². The summed E-state index contributed by atoms with van der Waals surface area (Å²) in [6.45, 7) is 0.820. The van der Waals surface area contributed by atoms with E-state index in [1.54, 1.807) is 24.1 Å². The number of amides is 1. The van der Waals surface area contributed by atoms with Crippen LogP contribution in [0.25, 0.3) is 10.8 Å². The third-order valence-electron chi connectivity index (χ3n) is 3.88. The van der Waals surface area contributed by atoms with Crippen LogP contribution < -0.4 is 4.74 Å². The van der Waals surface area contributed by atoms with Gasteiger partial charge >= 0.3 is 0 Å². The standard InChI is InChI=1S/C20H19NO3/c1-21(11-12-24-17-9-3-2-4-10-17)20(23)18-13-15-7-5-6-8-16(15)14-19(18)22/h2-10,13-14,22H,11-12H2,1H3. The fourth-order valence-corrected chi connectivity index (χ4v) is 2.52.